The van der Waals surface area contributed by atoms with Crippen LogP contribution in [0.4, 0.5) is 14.5 Å². The van der Waals surface area contributed by atoms with E-state index in [1.165, 1.54) is 17.4 Å². The summed E-state index contributed by atoms with van der Waals surface area (Å²) in [6.45, 7) is 0. The van der Waals surface area contributed by atoms with E-state index < -0.39 is 17.5 Å². The van der Waals surface area contributed by atoms with Crippen molar-refractivity contribution in [1.29, 1.82) is 0 Å². The third-order valence-corrected chi connectivity index (χ3v) is 3.79. The molecule has 0 aliphatic carbocycles. The predicted octanol–water partition coefficient (Wildman–Crippen LogP) is 4.34. The van der Waals surface area contributed by atoms with Gasteiger partial charge < -0.3 is 5.32 Å². The van der Waals surface area contributed by atoms with Gasteiger partial charge in [0.25, 0.3) is 5.91 Å². The molecule has 0 fully saturated rings. The molecule has 6 heteroatoms. The number of nitrogens with one attached hydrogen (secondary N) is 1. The first-order chi connectivity index (χ1) is 10.6. The van der Waals surface area contributed by atoms with Crippen LogP contribution in [0.3, 0.4) is 0 Å². The van der Waals surface area contributed by atoms with Gasteiger partial charge in [-0.2, -0.15) is 0 Å². The van der Waals surface area contributed by atoms with Crippen LogP contribution in [0.2, 0.25) is 0 Å². The van der Waals surface area contributed by atoms with Crippen molar-refractivity contribution in [2.75, 3.05) is 5.32 Å². The van der Waals surface area contributed by atoms with E-state index in [0.717, 1.165) is 17.7 Å². The zero-order chi connectivity index (χ0) is 15.5. The van der Waals surface area contributed by atoms with Crippen LogP contribution in [-0.4, -0.2) is 10.9 Å². The molecule has 22 heavy (non-hydrogen) atoms. The summed E-state index contributed by atoms with van der Waals surface area (Å²) in [5, 5.41) is 4.52. The summed E-state index contributed by atoms with van der Waals surface area (Å²) in [6, 6.07) is 12.6. The quantitative estimate of drug-likeness (QED) is 0.781. The number of carbonyl (C=O) groups excluding carboxylic acids is 1. The Kier molecular flexibility index (Phi) is 3.93. The van der Waals surface area contributed by atoms with Crippen LogP contribution in [0.5, 0.6) is 0 Å². The molecule has 1 amide bonds. The highest BCUT2D eigenvalue weighted by molar-refractivity contribution is 7.12. The molecule has 2 aromatic carbocycles. The van der Waals surface area contributed by atoms with Gasteiger partial charge in [0.05, 0.1) is 5.69 Å². The number of aromatic nitrogens is 1. The van der Waals surface area contributed by atoms with Crippen LogP contribution in [0, 0.1) is 11.6 Å². The molecular weight excluding hydrogens is 306 g/mol. The molecule has 0 radical (unpaired) electrons. The number of nitrogens with zero attached hydrogens (tertiary/aromatic N) is 1. The van der Waals surface area contributed by atoms with E-state index in [1.54, 1.807) is 5.38 Å². The van der Waals surface area contributed by atoms with Crippen molar-refractivity contribution in [1.82, 2.24) is 4.98 Å². The van der Waals surface area contributed by atoms with Crippen molar-refractivity contribution in [2.45, 2.75) is 0 Å². The fourth-order valence-corrected chi connectivity index (χ4v) is 2.60. The number of hydrogen-bond acceptors (Lipinski definition) is 3. The molecule has 0 saturated heterocycles. The number of anilines is 1. The van der Waals surface area contributed by atoms with Crippen LogP contribution >= 0.6 is 11.3 Å². The topological polar surface area (TPSA) is 42.0 Å². The molecule has 0 aliphatic rings. The zero-order valence-corrected chi connectivity index (χ0v) is 12.0. The molecular formula is C16H10F2N2OS. The van der Waals surface area contributed by atoms with Crippen molar-refractivity contribution in [2.24, 2.45) is 0 Å². The maximum atomic E-state index is 13.1. The molecule has 0 spiro atoms. The second-order valence-electron chi connectivity index (χ2n) is 4.49. The van der Waals surface area contributed by atoms with Gasteiger partial charge in [-0.3, -0.25) is 4.79 Å². The molecule has 0 unspecified atom stereocenters. The molecule has 0 bridgehead atoms. The van der Waals surface area contributed by atoms with Crippen molar-refractivity contribution in [3.05, 3.63) is 70.6 Å². The Bertz CT molecular complexity index is 818. The summed E-state index contributed by atoms with van der Waals surface area (Å²) in [7, 11) is 0. The molecule has 1 heterocycles. The summed E-state index contributed by atoms with van der Waals surface area (Å²) in [6.07, 6.45) is 0. The van der Waals surface area contributed by atoms with E-state index >= 15 is 0 Å². The molecule has 1 N–H and O–H groups in total. The fourth-order valence-electron chi connectivity index (χ4n) is 1.88. The Morgan fingerprint density at radius 3 is 2.55 bits per heavy atom. The van der Waals surface area contributed by atoms with E-state index in [0.29, 0.717) is 5.69 Å². The van der Waals surface area contributed by atoms with Crippen LogP contribution in [-0.2, 0) is 0 Å². The second kappa shape index (κ2) is 6.03. The van der Waals surface area contributed by atoms with Gasteiger partial charge in [-0.25, -0.2) is 13.8 Å². The minimum atomic E-state index is -1.01. The van der Waals surface area contributed by atoms with E-state index in [-0.39, 0.29) is 10.7 Å². The Balaban J connectivity index is 1.78. The highest BCUT2D eigenvalue weighted by Crippen LogP contribution is 2.22. The Morgan fingerprint density at radius 2 is 1.82 bits per heavy atom. The van der Waals surface area contributed by atoms with Gasteiger partial charge >= 0.3 is 0 Å². The maximum absolute atomic E-state index is 13.1. The lowest BCUT2D eigenvalue weighted by Crippen LogP contribution is -2.11. The lowest BCUT2D eigenvalue weighted by molar-refractivity contribution is 0.102. The first kappa shape index (κ1) is 14.3. The monoisotopic (exact) mass is 316 g/mol. The van der Waals surface area contributed by atoms with Gasteiger partial charge in [0, 0.05) is 22.7 Å². The fraction of sp³-hybridized carbons (Fsp3) is 0. The summed E-state index contributed by atoms with van der Waals surface area (Å²) in [5.74, 6) is -2.43. The number of rotatable bonds is 3. The average Bonchev–Trinajstić information content (AvgIpc) is 3.02. The van der Waals surface area contributed by atoms with Gasteiger partial charge in [0.2, 0.25) is 0 Å². The summed E-state index contributed by atoms with van der Waals surface area (Å²) in [5.41, 5.74) is 1.78. The SMILES string of the molecule is O=C(Nc1ccc(F)c(F)c1)c1nc(-c2ccccc2)cs1. The van der Waals surface area contributed by atoms with E-state index in [1.807, 2.05) is 30.3 Å². The number of benzene rings is 2. The van der Waals surface area contributed by atoms with Crippen LogP contribution in [0.1, 0.15) is 9.80 Å². The van der Waals surface area contributed by atoms with Gasteiger partial charge in [-0.05, 0) is 12.1 Å². The Labute approximate surface area is 129 Å². The van der Waals surface area contributed by atoms with E-state index in [9.17, 15) is 13.6 Å². The number of carbonyl (C=O) groups is 1. The molecule has 0 aliphatic heterocycles. The normalized spacial score (nSPS) is 10.5. The minimum absolute atomic E-state index is 0.181. The van der Waals surface area contributed by atoms with Crippen LogP contribution < -0.4 is 5.32 Å². The number of amides is 1. The first-order valence-electron chi connectivity index (χ1n) is 6.41. The third-order valence-electron chi connectivity index (χ3n) is 2.95. The second-order valence-corrected chi connectivity index (χ2v) is 5.35. The lowest BCUT2D eigenvalue weighted by Gasteiger charge is -2.03. The maximum Gasteiger partial charge on any atom is 0.284 e. The van der Waals surface area contributed by atoms with Gasteiger partial charge in [0.1, 0.15) is 0 Å². The van der Waals surface area contributed by atoms with Crippen LogP contribution in [0.15, 0.2) is 53.9 Å². The predicted molar refractivity (Wildman–Crippen MR) is 81.9 cm³/mol. The van der Waals surface area contributed by atoms with Crippen LogP contribution in [0.25, 0.3) is 11.3 Å². The van der Waals surface area contributed by atoms with Gasteiger partial charge in [0.15, 0.2) is 16.6 Å². The van der Waals surface area contributed by atoms with E-state index in [4.69, 9.17) is 0 Å². The molecule has 3 nitrogen and oxygen atoms in total. The van der Waals surface area contributed by atoms with Crippen molar-refractivity contribution >= 4 is 22.9 Å². The van der Waals surface area contributed by atoms with E-state index in [2.05, 4.69) is 10.3 Å². The highest BCUT2D eigenvalue weighted by atomic mass is 32.1. The summed E-state index contributed by atoms with van der Waals surface area (Å²) >= 11 is 1.19. The molecule has 0 saturated carbocycles. The lowest BCUT2D eigenvalue weighted by atomic mass is 10.2. The molecule has 1 aromatic heterocycles. The van der Waals surface area contributed by atoms with Gasteiger partial charge in [-0.1, -0.05) is 30.3 Å². The van der Waals surface area contributed by atoms with Crippen molar-refractivity contribution in [3.63, 3.8) is 0 Å². The number of thiazole rings is 1. The van der Waals surface area contributed by atoms with Crippen molar-refractivity contribution in [3.8, 4) is 11.3 Å². The summed E-state index contributed by atoms with van der Waals surface area (Å²) < 4.78 is 26.0. The Morgan fingerprint density at radius 1 is 1.05 bits per heavy atom. The zero-order valence-electron chi connectivity index (χ0n) is 11.2. The highest BCUT2D eigenvalue weighted by Gasteiger charge is 2.13. The molecule has 3 rings (SSSR count). The smallest absolute Gasteiger partial charge is 0.284 e. The largest absolute Gasteiger partial charge is 0.320 e. The number of hydrogen-bond donors (Lipinski definition) is 1. The number of halogens is 2. The summed E-state index contributed by atoms with van der Waals surface area (Å²) in [4.78, 5) is 16.3. The Hall–Kier alpha value is -2.60. The standard InChI is InChI=1S/C16H10F2N2OS/c17-12-7-6-11(8-13(12)18)19-15(21)16-20-14(9-22-16)10-4-2-1-3-5-10/h1-9H,(H,19,21). The third kappa shape index (κ3) is 3.01. The van der Waals surface area contributed by atoms with Crippen molar-refractivity contribution < 1.29 is 13.6 Å². The first-order valence-corrected chi connectivity index (χ1v) is 7.29. The average molecular weight is 316 g/mol. The van der Waals surface area contributed by atoms with Gasteiger partial charge in [-0.15, -0.1) is 11.3 Å². The molecule has 3 aromatic rings. The minimum Gasteiger partial charge on any atom is -0.320 e. The molecule has 110 valence electrons. The molecule has 0 atom stereocenters.